The second kappa shape index (κ2) is 2.98. The zero-order chi connectivity index (χ0) is 5.11. The molecule has 1 aromatic rings. The lowest BCUT2D eigenvalue weighted by Crippen LogP contribution is -1.73. The van der Waals surface area contributed by atoms with Crippen LogP contribution in [-0.2, 0) is 0 Å². The van der Waals surface area contributed by atoms with Crippen LogP contribution < -0.4 is 0 Å². The maximum atomic E-state index is 3.78. The highest BCUT2D eigenvalue weighted by Gasteiger charge is 1.73. The van der Waals surface area contributed by atoms with E-state index >= 15 is 0 Å². The highest BCUT2D eigenvalue weighted by molar-refractivity contribution is 5.14. The van der Waals surface area contributed by atoms with E-state index < -0.39 is 0 Å². The molecule has 0 spiro atoms. The van der Waals surface area contributed by atoms with Crippen molar-refractivity contribution in [3.8, 4) is 0 Å². The number of hydrogen-bond donors (Lipinski definition) is 0. The Balaban J connectivity index is 0.000000490. The van der Waals surface area contributed by atoms with Crippen molar-refractivity contribution in [1.82, 2.24) is 9.55 Å². The Morgan fingerprint density at radius 1 is 1.62 bits per heavy atom. The normalized spacial score (nSPS) is 7.50. The van der Waals surface area contributed by atoms with Crippen molar-refractivity contribution in [3.63, 3.8) is 0 Å². The molecule has 0 unspecified atom stereocenters. The molecule has 8 heavy (non-hydrogen) atoms. The van der Waals surface area contributed by atoms with E-state index in [0.29, 0.717) is 0 Å². The molecular weight excluding hydrogens is 104 g/mol. The van der Waals surface area contributed by atoms with Crippen LogP contribution >= 0.6 is 0 Å². The Bertz CT molecular complexity index is 145. The van der Waals surface area contributed by atoms with Crippen molar-refractivity contribution in [2.24, 2.45) is 0 Å². The summed E-state index contributed by atoms with van der Waals surface area (Å²) in [5, 5.41) is 0. The standard InChI is InChI=1S/C5H6N2.H2O/c1-2-7-4-3-6-5-7;/h2-5H,1H2;1H2. The first-order chi connectivity index (χ1) is 3.43. The van der Waals surface area contributed by atoms with Crippen molar-refractivity contribution >= 4 is 6.20 Å². The molecule has 1 heterocycles. The molecule has 0 bridgehead atoms. The highest BCUT2D eigenvalue weighted by Crippen LogP contribution is 1.81. The number of rotatable bonds is 1. The summed E-state index contributed by atoms with van der Waals surface area (Å²) in [6, 6.07) is 0. The molecule has 1 aromatic heterocycles. The molecule has 1 rings (SSSR count). The molecule has 2 N–H and O–H groups in total. The summed E-state index contributed by atoms with van der Waals surface area (Å²) in [7, 11) is 0. The summed E-state index contributed by atoms with van der Waals surface area (Å²) in [6.45, 7) is 3.53. The molecule has 0 aliphatic heterocycles. The SMILES string of the molecule is C=Cn1ccnc1.O. The summed E-state index contributed by atoms with van der Waals surface area (Å²) in [4.78, 5) is 3.78. The average Bonchev–Trinajstić information content (AvgIpc) is 2.14. The lowest BCUT2D eigenvalue weighted by Gasteiger charge is -1.80. The molecule has 0 amide bonds. The highest BCUT2D eigenvalue weighted by atomic mass is 16.0. The molecule has 0 saturated heterocycles. The topological polar surface area (TPSA) is 49.3 Å². The van der Waals surface area contributed by atoms with Gasteiger partial charge in [0, 0.05) is 18.6 Å². The summed E-state index contributed by atoms with van der Waals surface area (Å²) in [5.41, 5.74) is 0. The summed E-state index contributed by atoms with van der Waals surface area (Å²) < 4.78 is 1.78. The minimum Gasteiger partial charge on any atom is -0.412 e. The molecule has 0 radical (unpaired) electrons. The molecule has 0 saturated carbocycles. The van der Waals surface area contributed by atoms with E-state index in [2.05, 4.69) is 11.6 Å². The molecule has 3 heteroatoms. The monoisotopic (exact) mass is 112 g/mol. The van der Waals surface area contributed by atoms with Crippen LogP contribution in [0.1, 0.15) is 0 Å². The van der Waals surface area contributed by atoms with Crippen LogP contribution in [0.2, 0.25) is 0 Å². The van der Waals surface area contributed by atoms with Crippen molar-refractivity contribution in [3.05, 3.63) is 25.3 Å². The van der Waals surface area contributed by atoms with E-state index in [0.717, 1.165) is 0 Å². The van der Waals surface area contributed by atoms with Crippen molar-refractivity contribution in [2.75, 3.05) is 0 Å². The Morgan fingerprint density at radius 2 is 2.38 bits per heavy atom. The molecule has 3 nitrogen and oxygen atoms in total. The smallest absolute Gasteiger partial charge is 0.0986 e. The van der Waals surface area contributed by atoms with Crippen LogP contribution in [0.15, 0.2) is 25.3 Å². The van der Waals surface area contributed by atoms with Gasteiger partial charge in [-0.25, -0.2) is 4.98 Å². The second-order valence-corrected chi connectivity index (χ2v) is 1.19. The van der Waals surface area contributed by atoms with Gasteiger partial charge in [-0.2, -0.15) is 0 Å². The zero-order valence-corrected chi connectivity index (χ0v) is 4.41. The summed E-state index contributed by atoms with van der Waals surface area (Å²) in [5.74, 6) is 0. The fourth-order valence-electron chi connectivity index (χ4n) is 0.377. The minimum absolute atomic E-state index is 0. The predicted octanol–water partition coefficient (Wildman–Crippen LogP) is 0.159. The van der Waals surface area contributed by atoms with Crippen LogP contribution in [0, 0.1) is 0 Å². The van der Waals surface area contributed by atoms with E-state index in [4.69, 9.17) is 0 Å². The zero-order valence-electron chi connectivity index (χ0n) is 4.41. The first-order valence-corrected chi connectivity index (χ1v) is 2.03. The van der Waals surface area contributed by atoms with Gasteiger partial charge in [-0.05, 0) is 0 Å². The maximum absolute atomic E-state index is 3.78. The largest absolute Gasteiger partial charge is 0.412 e. The minimum atomic E-state index is 0. The Kier molecular flexibility index (Phi) is 2.58. The Labute approximate surface area is 47.6 Å². The van der Waals surface area contributed by atoms with Crippen LogP contribution in [0.5, 0.6) is 0 Å². The summed E-state index contributed by atoms with van der Waals surface area (Å²) >= 11 is 0. The van der Waals surface area contributed by atoms with Crippen LogP contribution in [-0.4, -0.2) is 15.0 Å². The number of nitrogens with zero attached hydrogens (tertiary/aromatic N) is 2. The number of imidazole rings is 1. The third-order valence-corrected chi connectivity index (χ3v) is 0.736. The third-order valence-electron chi connectivity index (χ3n) is 0.736. The predicted molar refractivity (Wildman–Crippen MR) is 32.2 cm³/mol. The first kappa shape index (κ1) is 6.91. The van der Waals surface area contributed by atoms with Gasteiger partial charge in [-0.1, -0.05) is 6.58 Å². The Hall–Kier alpha value is -1.09. The number of hydrogen-bond acceptors (Lipinski definition) is 1. The van der Waals surface area contributed by atoms with Gasteiger partial charge in [0.05, 0.1) is 6.33 Å². The van der Waals surface area contributed by atoms with Gasteiger partial charge in [0.15, 0.2) is 0 Å². The maximum Gasteiger partial charge on any atom is 0.0986 e. The van der Waals surface area contributed by atoms with Gasteiger partial charge in [0.2, 0.25) is 0 Å². The molecule has 0 aliphatic carbocycles. The quantitative estimate of drug-likeness (QED) is 0.510. The molecule has 0 aliphatic rings. The third kappa shape index (κ3) is 1.20. The van der Waals surface area contributed by atoms with Gasteiger partial charge in [-0.15, -0.1) is 0 Å². The van der Waals surface area contributed by atoms with Crippen LogP contribution in [0.4, 0.5) is 0 Å². The van der Waals surface area contributed by atoms with Gasteiger partial charge in [0.1, 0.15) is 0 Å². The Morgan fingerprint density at radius 3 is 2.62 bits per heavy atom. The van der Waals surface area contributed by atoms with E-state index in [-0.39, 0.29) is 5.48 Å². The van der Waals surface area contributed by atoms with E-state index in [1.807, 2.05) is 6.20 Å². The molecular formula is C5H8N2O. The van der Waals surface area contributed by atoms with Crippen molar-refractivity contribution < 1.29 is 5.48 Å². The lowest BCUT2D eigenvalue weighted by atomic mass is 10.9. The van der Waals surface area contributed by atoms with E-state index in [1.165, 1.54) is 0 Å². The fraction of sp³-hybridized carbons (Fsp3) is 0. The van der Waals surface area contributed by atoms with Gasteiger partial charge < -0.3 is 10.0 Å². The average molecular weight is 112 g/mol. The van der Waals surface area contributed by atoms with Crippen molar-refractivity contribution in [1.29, 1.82) is 0 Å². The number of aromatic nitrogens is 2. The van der Waals surface area contributed by atoms with E-state index in [9.17, 15) is 0 Å². The second-order valence-electron chi connectivity index (χ2n) is 1.19. The summed E-state index contributed by atoms with van der Waals surface area (Å²) in [6.07, 6.45) is 6.91. The fourth-order valence-corrected chi connectivity index (χ4v) is 0.377. The molecule has 0 fully saturated rings. The molecule has 0 atom stereocenters. The van der Waals surface area contributed by atoms with E-state index in [1.54, 1.807) is 23.3 Å². The lowest BCUT2D eigenvalue weighted by molar-refractivity contribution is 0.824. The molecule has 0 aromatic carbocycles. The van der Waals surface area contributed by atoms with Crippen LogP contribution in [0.3, 0.4) is 0 Å². The van der Waals surface area contributed by atoms with Crippen LogP contribution in [0.25, 0.3) is 6.20 Å². The van der Waals surface area contributed by atoms with Gasteiger partial charge >= 0.3 is 0 Å². The van der Waals surface area contributed by atoms with Gasteiger partial charge in [-0.3, -0.25) is 0 Å². The molecule has 44 valence electrons. The van der Waals surface area contributed by atoms with Crippen molar-refractivity contribution in [2.45, 2.75) is 0 Å². The first-order valence-electron chi connectivity index (χ1n) is 2.03. The van der Waals surface area contributed by atoms with Gasteiger partial charge in [0.25, 0.3) is 0 Å².